The molecule has 0 aliphatic heterocycles. The highest BCUT2D eigenvalue weighted by atomic mass is 15.3. The lowest BCUT2D eigenvalue weighted by Crippen LogP contribution is -2.25. The lowest BCUT2D eigenvalue weighted by Gasteiger charge is -2.17. The third-order valence-electron chi connectivity index (χ3n) is 2.99. The van der Waals surface area contributed by atoms with Crippen LogP contribution in [0.5, 0.6) is 0 Å². The van der Waals surface area contributed by atoms with Crippen molar-refractivity contribution in [3.63, 3.8) is 0 Å². The molecule has 1 atom stereocenters. The maximum Gasteiger partial charge on any atom is 0.163 e. The van der Waals surface area contributed by atoms with Crippen molar-refractivity contribution in [2.75, 3.05) is 19.0 Å². The summed E-state index contributed by atoms with van der Waals surface area (Å²) in [5, 5.41) is 13.8. The van der Waals surface area contributed by atoms with Gasteiger partial charge in [0, 0.05) is 13.6 Å². The SMILES string of the molecule is CC(C#N)CN(C)Cc1nc(NN)c2cnn(C)c2n1. The molecule has 0 aliphatic rings. The molecule has 0 fully saturated rings. The molecule has 8 nitrogen and oxygen atoms in total. The second kappa shape index (κ2) is 5.81. The number of hydrazine groups is 1. The maximum atomic E-state index is 8.84. The normalized spacial score (nSPS) is 12.6. The summed E-state index contributed by atoms with van der Waals surface area (Å²) in [5.41, 5.74) is 3.30. The van der Waals surface area contributed by atoms with Gasteiger partial charge in [0.05, 0.1) is 30.1 Å². The highest BCUT2D eigenvalue weighted by molar-refractivity contribution is 5.86. The third kappa shape index (κ3) is 2.84. The van der Waals surface area contributed by atoms with Crippen molar-refractivity contribution in [2.45, 2.75) is 13.5 Å². The van der Waals surface area contributed by atoms with Crippen LogP contribution in [0.3, 0.4) is 0 Å². The summed E-state index contributed by atoms with van der Waals surface area (Å²) in [6, 6.07) is 2.21. The molecule has 1 unspecified atom stereocenters. The molecule has 0 aliphatic carbocycles. The van der Waals surface area contributed by atoms with E-state index in [4.69, 9.17) is 11.1 Å². The molecule has 0 aromatic carbocycles. The quantitative estimate of drug-likeness (QED) is 0.593. The van der Waals surface area contributed by atoms with Crippen LogP contribution in [-0.2, 0) is 13.6 Å². The molecule has 0 saturated heterocycles. The van der Waals surface area contributed by atoms with Gasteiger partial charge in [-0.25, -0.2) is 15.8 Å². The number of rotatable bonds is 5. The van der Waals surface area contributed by atoms with Crippen molar-refractivity contribution in [1.29, 1.82) is 5.26 Å². The average Bonchev–Trinajstić information content (AvgIpc) is 2.79. The van der Waals surface area contributed by atoms with E-state index in [2.05, 4.69) is 26.6 Å². The van der Waals surface area contributed by atoms with E-state index in [1.807, 2.05) is 25.9 Å². The van der Waals surface area contributed by atoms with Gasteiger partial charge < -0.3 is 5.43 Å². The summed E-state index contributed by atoms with van der Waals surface area (Å²) in [6.07, 6.45) is 1.68. The van der Waals surface area contributed by atoms with E-state index in [0.29, 0.717) is 24.7 Å². The molecule has 0 saturated carbocycles. The largest absolute Gasteiger partial charge is 0.308 e. The number of fused-ring (bicyclic) bond motifs is 1. The summed E-state index contributed by atoms with van der Waals surface area (Å²) >= 11 is 0. The van der Waals surface area contributed by atoms with E-state index in [1.54, 1.807) is 10.9 Å². The van der Waals surface area contributed by atoms with Gasteiger partial charge in [0.2, 0.25) is 0 Å². The monoisotopic (exact) mass is 274 g/mol. The van der Waals surface area contributed by atoms with E-state index in [9.17, 15) is 0 Å². The zero-order chi connectivity index (χ0) is 14.7. The lowest BCUT2D eigenvalue weighted by molar-refractivity contribution is 0.296. The summed E-state index contributed by atoms with van der Waals surface area (Å²) in [7, 11) is 3.75. The minimum atomic E-state index is -0.0347. The number of anilines is 1. The van der Waals surface area contributed by atoms with Crippen molar-refractivity contribution in [2.24, 2.45) is 18.8 Å². The number of nitrogens with one attached hydrogen (secondary N) is 1. The van der Waals surface area contributed by atoms with Crippen LogP contribution in [0.15, 0.2) is 6.20 Å². The summed E-state index contributed by atoms with van der Waals surface area (Å²) in [4.78, 5) is 10.9. The van der Waals surface area contributed by atoms with Gasteiger partial charge in [0.15, 0.2) is 11.5 Å². The number of nitrogens with zero attached hydrogens (tertiary/aromatic N) is 6. The van der Waals surface area contributed by atoms with Gasteiger partial charge in [-0.15, -0.1) is 0 Å². The minimum absolute atomic E-state index is 0.0347. The Morgan fingerprint density at radius 2 is 2.30 bits per heavy atom. The number of hydrogen-bond acceptors (Lipinski definition) is 7. The number of aromatic nitrogens is 4. The van der Waals surface area contributed by atoms with Gasteiger partial charge >= 0.3 is 0 Å². The Morgan fingerprint density at radius 3 is 2.95 bits per heavy atom. The van der Waals surface area contributed by atoms with E-state index < -0.39 is 0 Å². The number of nitrogens with two attached hydrogens (primary N) is 1. The second-order valence-electron chi connectivity index (χ2n) is 4.87. The predicted octanol–water partition coefficient (Wildman–Crippen LogP) is 0.240. The molecule has 0 spiro atoms. The molecule has 2 heterocycles. The van der Waals surface area contributed by atoms with E-state index in [-0.39, 0.29) is 5.92 Å². The molecule has 106 valence electrons. The van der Waals surface area contributed by atoms with Crippen molar-refractivity contribution < 1.29 is 0 Å². The fraction of sp³-hybridized carbons (Fsp3) is 0.500. The fourth-order valence-electron chi connectivity index (χ4n) is 2.06. The zero-order valence-electron chi connectivity index (χ0n) is 11.8. The van der Waals surface area contributed by atoms with Crippen LogP contribution in [0.4, 0.5) is 5.82 Å². The Kier molecular flexibility index (Phi) is 4.12. The molecule has 2 rings (SSSR count). The van der Waals surface area contributed by atoms with Crippen LogP contribution in [0.1, 0.15) is 12.7 Å². The third-order valence-corrected chi connectivity index (χ3v) is 2.99. The van der Waals surface area contributed by atoms with Crippen LogP contribution < -0.4 is 11.3 Å². The highest BCUT2D eigenvalue weighted by Gasteiger charge is 2.13. The van der Waals surface area contributed by atoms with E-state index >= 15 is 0 Å². The minimum Gasteiger partial charge on any atom is -0.308 e. The number of hydrogen-bond donors (Lipinski definition) is 2. The van der Waals surface area contributed by atoms with Crippen molar-refractivity contribution in [3.8, 4) is 6.07 Å². The molecule has 3 N–H and O–H groups in total. The van der Waals surface area contributed by atoms with Gasteiger partial charge in [-0.05, 0) is 14.0 Å². The van der Waals surface area contributed by atoms with Crippen molar-refractivity contribution >= 4 is 16.9 Å². The summed E-state index contributed by atoms with van der Waals surface area (Å²) < 4.78 is 1.68. The average molecular weight is 274 g/mol. The van der Waals surface area contributed by atoms with Crippen LogP contribution in [-0.4, -0.2) is 38.2 Å². The van der Waals surface area contributed by atoms with Crippen molar-refractivity contribution in [1.82, 2.24) is 24.6 Å². The topological polar surface area (TPSA) is 109 Å². The molecule has 0 radical (unpaired) electrons. The predicted molar refractivity (Wildman–Crippen MR) is 75.2 cm³/mol. The number of nitriles is 1. The Morgan fingerprint density at radius 1 is 1.55 bits per heavy atom. The zero-order valence-corrected chi connectivity index (χ0v) is 11.8. The van der Waals surface area contributed by atoms with Crippen molar-refractivity contribution in [3.05, 3.63) is 12.0 Å². The Hall–Kier alpha value is -2.24. The van der Waals surface area contributed by atoms with Gasteiger partial charge in [-0.1, -0.05) is 0 Å². The van der Waals surface area contributed by atoms with Crippen LogP contribution in [0, 0.1) is 17.2 Å². The van der Waals surface area contributed by atoms with Gasteiger partial charge in [-0.3, -0.25) is 9.58 Å². The first kappa shape index (κ1) is 14.2. The number of nitrogen functional groups attached to an aromatic ring is 1. The Balaban J connectivity index is 2.26. The summed E-state index contributed by atoms with van der Waals surface area (Å²) in [6.45, 7) is 3.09. The van der Waals surface area contributed by atoms with Crippen LogP contribution in [0.2, 0.25) is 0 Å². The van der Waals surface area contributed by atoms with Crippen LogP contribution in [0.25, 0.3) is 11.0 Å². The molecule has 2 aromatic heterocycles. The first-order valence-corrected chi connectivity index (χ1v) is 6.28. The molecule has 20 heavy (non-hydrogen) atoms. The molecule has 0 bridgehead atoms. The van der Waals surface area contributed by atoms with Crippen LogP contribution >= 0.6 is 0 Å². The second-order valence-corrected chi connectivity index (χ2v) is 4.87. The smallest absolute Gasteiger partial charge is 0.163 e. The lowest BCUT2D eigenvalue weighted by atomic mass is 10.2. The fourth-order valence-corrected chi connectivity index (χ4v) is 2.06. The molecular weight excluding hydrogens is 256 g/mol. The highest BCUT2D eigenvalue weighted by Crippen LogP contribution is 2.19. The molecule has 2 aromatic rings. The first-order chi connectivity index (χ1) is 9.55. The first-order valence-electron chi connectivity index (χ1n) is 6.28. The van der Waals surface area contributed by atoms with Gasteiger partial charge in [-0.2, -0.15) is 10.4 Å². The van der Waals surface area contributed by atoms with E-state index in [0.717, 1.165) is 11.0 Å². The number of aryl methyl sites for hydroxylation is 1. The van der Waals surface area contributed by atoms with E-state index in [1.165, 1.54) is 0 Å². The molecular formula is C12H18N8. The Labute approximate surface area is 117 Å². The molecule has 0 amide bonds. The summed E-state index contributed by atoms with van der Waals surface area (Å²) in [5.74, 6) is 6.65. The maximum absolute atomic E-state index is 8.84. The van der Waals surface area contributed by atoms with Gasteiger partial charge in [0.25, 0.3) is 0 Å². The van der Waals surface area contributed by atoms with Gasteiger partial charge in [0.1, 0.15) is 5.82 Å². The standard InChI is InChI=1S/C12H18N8/c1-8(4-13)6-19(2)7-10-16-11(18-14)9-5-15-20(3)12(9)17-10/h5,8H,6-7,14H2,1-3H3,(H,16,17,18). The molecule has 8 heteroatoms. The Bertz CT molecular complexity index is 641.